The molecule has 0 unspecified atom stereocenters. The van der Waals surface area contributed by atoms with Crippen molar-refractivity contribution in [3.05, 3.63) is 59.2 Å². The zero-order valence-corrected chi connectivity index (χ0v) is 15.5. The van der Waals surface area contributed by atoms with Crippen LogP contribution in [0.3, 0.4) is 0 Å². The molecule has 26 heavy (non-hydrogen) atoms. The van der Waals surface area contributed by atoms with Crippen LogP contribution in [0.4, 0.5) is 5.69 Å². The van der Waals surface area contributed by atoms with Crippen molar-refractivity contribution >= 4 is 17.4 Å². The fourth-order valence-corrected chi connectivity index (χ4v) is 3.32. The molecule has 136 valence electrons. The second-order valence-corrected chi connectivity index (χ2v) is 6.81. The number of carbonyl (C=O) groups excluding carboxylic acids is 2. The first-order chi connectivity index (χ1) is 12.5. The number of fused-ring (bicyclic) bond motifs is 1. The Hall–Kier alpha value is -2.62. The molecule has 0 saturated carbocycles. The predicted octanol–water partition coefficient (Wildman–Crippen LogP) is 4.34. The molecule has 0 aromatic heterocycles. The number of benzene rings is 2. The van der Waals surface area contributed by atoms with Crippen molar-refractivity contribution in [3.63, 3.8) is 0 Å². The summed E-state index contributed by atoms with van der Waals surface area (Å²) in [6.45, 7) is 4.91. The van der Waals surface area contributed by atoms with E-state index in [0.29, 0.717) is 25.0 Å². The number of rotatable bonds is 6. The van der Waals surface area contributed by atoms with Gasteiger partial charge in [-0.15, -0.1) is 0 Å². The molecule has 0 fully saturated rings. The molecule has 4 nitrogen and oxygen atoms in total. The third kappa shape index (κ3) is 4.31. The van der Waals surface area contributed by atoms with E-state index in [1.54, 1.807) is 31.2 Å². The molecule has 0 atom stereocenters. The Morgan fingerprint density at radius 3 is 2.62 bits per heavy atom. The molecule has 1 aliphatic rings. The molecule has 0 spiro atoms. The van der Waals surface area contributed by atoms with Crippen LogP contribution in [0.2, 0.25) is 0 Å². The van der Waals surface area contributed by atoms with Crippen molar-refractivity contribution < 1.29 is 14.3 Å². The Labute approximate surface area is 154 Å². The summed E-state index contributed by atoms with van der Waals surface area (Å²) in [5.74, 6) is 0.922. The van der Waals surface area contributed by atoms with E-state index in [-0.39, 0.29) is 11.7 Å². The van der Waals surface area contributed by atoms with Crippen LogP contribution in [0, 0.1) is 6.92 Å². The maximum atomic E-state index is 12.6. The lowest BCUT2D eigenvalue weighted by atomic mass is 9.99. The molecule has 0 N–H and O–H groups in total. The van der Waals surface area contributed by atoms with E-state index in [1.807, 2.05) is 4.90 Å². The Morgan fingerprint density at radius 2 is 1.88 bits per heavy atom. The van der Waals surface area contributed by atoms with Gasteiger partial charge in [0.2, 0.25) is 5.91 Å². The van der Waals surface area contributed by atoms with Gasteiger partial charge in [-0.2, -0.15) is 0 Å². The average Bonchev–Trinajstić information content (AvgIpc) is 2.64. The lowest BCUT2D eigenvalue weighted by molar-refractivity contribution is -0.118. The number of anilines is 1. The number of Topliss-reactive ketones (excluding diaryl/α,β-unsaturated/α-hetero) is 1. The molecule has 2 aromatic carbocycles. The Kier molecular flexibility index (Phi) is 5.71. The maximum Gasteiger partial charge on any atom is 0.227 e. The summed E-state index contributed by atoms with van der Waals surface area (Å²) in [7, 11) is 0. The van der Waals surface area contributed by atoms with Crippen LogP contribution in [-0.2, 0) is 11.2 Å². The number of amides is 1. The second-order valence-electron chi connectivity index (χ2n) is 6.81. The number of aryl methyl sites for hydroxylation is 2. The van der Waals surface area contributed by atoms with E-state index in [2.05, 4.69) is 25.1 Å². The lowest BCUT2D eigenvalue weighted by Gasteiger charge is -2.30. The van der Waals surface area contributed by atoms with Crippen molar-refractivity contribution in [2.45, 2.75) is 39.5 Å². The Bertz CT molecular complexity index is 796. The first kappa shape index (κ1) is 18.2. The summed E-state index contributed by atoms with van der Waals surface area (Å²) in [4.78, 5) is 25.8. The molecular weight excluding hydrogens is 326 g/mol. The van der Waals surface area contributed by atoms with Crippen molar-refractivity contribution in [1.82, 2.24) is 0 Å². The van der Waals surface area contributed by atoms with Gasteiger partial charge in [0.05, 0.1) is 6.61 Å². The summed E-state index contributed by atoms with van der Waals surface area (Å²) in [6, 6.07) is 13.4. The van der Waals surface area contributed by atoms with Gasteiger partial charge in [-0.05, 0) is 69.0 Å². The van der Waals surface area contributed by atoms with E-state index in [0.717, 1.165) is 30.8 Å². The zero-order valence-electron chi connectivity index (χ0n) is 15.5. The number of nitrogens with zero attached hydrogens (tertiary/aromatic N) is 1. The van der Waals surface area contributed by atoms with Gasteiger partial charge in [-0.3, -0.25) is 9.59 Å². The molecular formula is C22H25NO3. The lowest BCUT2D eigenvalue weighted by Crippen LogP contribution is -2.35. The molecule has 1 heterocycles. The van der Waals surface area contributed by atoms with Crippen molar-refractivity contribution in [2.24, 2.45) is 0 Å². The normalized spacial score (nSPS) is 13.2. The van der Waals surface area contributed by atoms with Gasteiger partial charge < -0.3 is 9.64 Å². The SMILES string of the molecule is CC(=O)c1ccc(OCCCC(=O)N2CCCc3cc(C)ccc32)cc1. The highest BCUT2D eigenvalue weighted by molar-refractivity contribution is 5.95. The highest BCUT2D eigenvalue weighted by atomic mass is 16.5. The van der Waals surface area contributed by atoms with E-state index in [1.165, 1.54) is 11.1 Å². The Morgan fingerprint density at radius 1 is 1.12 bits per heavy atom. The smallest absolute Gasteiger partial charge is 0.227 e. The van der Waals surface area contributed by atoms with E-state index < -0.39 is 0 Å². The number of ketones is 1. The van der Waals surface area contributed by atoms with Crippen LogP contribution in [0.25, 0.3) is 0 Å². The number of hydrogen-bond donors (Lipinski definition) is 0. The monoisotopic (exact) mass is 351 g/mol. The molecule has 2 aromatic rings. The standard InChI is InChI=1S/C22H25NO3/c1-16-7-12-21-19(15-16)5-3-13-23(21)22(25)6-4-14-26-20-10-8-18(9-11-20)17(2)24/h7-12,15H,3-6,13-14H2,1-2H3. The van der Waals surface area contributed by atoms with Crippen LogP contribution in [0.1, 0.15) is 47.7 Å². The van der Waals surface area contributed by atoms with Gasteiger partial charge in [-0.1, -0.05) is 17.7 Å². The average molecular weight is 351 g/mol. The summed E-state index contributed by atoms with van der Waals surface area (Å²) >= 11 is 0. The van der Waals surface area contributed by atoms with Crippen LogP contribution >= 0.6 is 0 Å². The molecule has 1 aliphatic heterocycles. The molecule has 4 heteroatoms. The highest BCUT2D eigenvalue weighted by Crippen LogP contribution is 2.28. The minimum Gasteiger partial charge on any atom is -0.494 e. The minimum atomic E-state index is 0.0409. The van der Waals surface area contributed by atoms with Crippen LogP contribution in [-0.4, -0.2) is 24.8 Å². The Balaban J connectivity index is 1.50. The summed E-state index contributed by atoms with van der Waals surface area (Å²) < 4.78 is 5.68. The van der Waals surface area contributed by atoms with Crippen molar-refractivity contribution in [3.8, 4) is 5.75 Å². The van der Waals surface area contributed by atoms with Crippen LogP contribution in [0.15, 0.2) is 42.5 Å². The summed E-state index contributed by atoms with van der Waals surface area (Å²) in [5.41, 5.74) is 4.24. The fraction of sp³-hybridized carbons (Fsp3) is 0.364. The second kappa shape index (κ2) is 8.17. The predicted molar refractivity (Wildman–Crippen MR) is 103 cm³/mol. The summed E-state index contributed by atoms with van der Waals surface area (Å²) in [6.07, 6.45) is 3.20. The van der Waals surface area contributed by atoms with Gasteiger partial charge in [-0.25, -0.2) is 0 Å². The molecule has 3 rings (SSSR count). The van der Waals surface area contributed by atoms with Gasteiger partial charge in [0.25, 0.3) is 0 Å². The molecule has 1 amide bonds. The first-order valence-electron chi connectivity index (χ1n) is 9.18. The van der Waals surface area contributed by atoms with E-state index in [4.69, 9.17) is 4.74 Å². The fourth-order valence-electron chi connectivity index (χ4n) is 3.32. The van der Waals surface area contributed by atoms with Crippen LogP contribution in [0.5, 0.6) is 5.75 Å². The number of ether oxygens (including phenoxy) is 1. The maximum absolute atomic E-state index is 12.6. The molecule has 0 aliphatic carbocycles. The van der Waals surface area contributed by atoms with Crippen molar-refractivity contribution in [2.75, 3.05) is 18.1 Å². The highest BCUT2D eigenvalue weighted by Gasteiger charge is 2.21. The van der Waals surface area contributed by atoms with Crippen LogP contribution < -0.4 is 9.64 Å². The van der Waals surface area contributed by atoms with Gasteiger partial charge in [0, 0.05) is 24.2 Å². The molecule has 0 bridgehead atoms. The molecule has 0 radical (unpaired) electrons. The minimum absolute atomic E-state index is 0.0409. The number of hydrogen-bond acceptors (Lipinski definition) is 3. The van der Waals surface area contributed by atoms with Gasteiger partial charge in [0.15, 0.2) is 5.78 Å². The largest absolute Gasteiger partial charge is 0.494 e. The van der Waals surface area contributed by atoms with E-state index in [9.17, 15) is 9.59 Å². The first-order valence-corrected chi connectivity index (χ1v) is 9.18. The zero-order chi connectivity index (χ0) is 18.5. The molecule has 0 saturated heterocycles. The van der Waals surface area contributed by atoms with E-state index >= 15 is 0 Å². The third-order valence-electron chi connectivity index (χ3n) is 4.72. The number of carbonyl (C=O) groups is 2. The summed E-state index contributed by atoms with van der Waals surface area (Å²) in [5, 5.41) is 0. The third-order valence-corrected chi connectivity index (χ3v) is 4.72. The van der Waals surface area contributed by atoms with Gasteiger partial charge >= 0.3 is 0 Å². The van der Waals surface area contributed by atoms with Gasteiger partial charge in [0.1, 0.15) is 5.75 Å². The quantitative estimate of drug-likeness (QED) is 0.575. The van der Waals surface area contributed by atoms with Crippen molar-refractivity contribution in [1.29, 1.82) is 0 Å². The topological polar surface area (TPSA) is 46.6 Å².